The van der Waals surface area contributed by atoms with Crippen LogP contribution in [0, 0.1) is 3.57 Å². The maximum absolute atomic E-state index is 12.1. The SMILES string of the molecule is O=C(Nc1ccc(Cl)cc1I)C(Cl)c1ccccc1. The van der Waals surface area contributed by atoms with Gasteiger partial charge in [-0.1, -0.05) is 41.9 Å². The van der Waals surface area contributed by atoms with Gasteiger partial charge in [-0.15, -0.1) is 11.6 Å². The molecule has 0 aliphatic heterocycles. The largest absolute Gasteiger partial charge is 0.324 e. The fourth-order valence-electron chi connectivity index (χ4n) is 1.56. The second kappa shape index (κ2) is 6.59. The third kappa shape index (κ3) is 3.84. The molecule has 0 saturated carbocycles. The highest BCUT2D eigenvalue weighted by molar-refractivity contribution is 14.1. The summed E-state index contributed by atoms with van der Waals surface area (Å²) in [7, 11) is 0. The van der Waals surface area contributed by atoms with E-state index < -0.39 is 5.38 Å². The summed E-state index contributed by atoms with van der Waals surface area (Å²) in [4.78, 5) is 12.1. The maximum Gasteiger partial charge on any atom is 0.247 e. The number of anilines is 1. The minimum atomic E-state index is -0.715. The normalized spacial score (nSPS) is 11.9. The van der Waals surface area contributed by atoms with E-state index in [1.165, 1.54) is 0 Å². The molecule has 1 unspecified atom stereocenters. The van der Waals surface area contributed by atoms with Crippen LogP contribution in [0.4, 0.5) is 5.69 Å². The minimum absolute atomic E-state index is 0.256. The molecule has 0 aliphatic carbocycles. The van der Waals surface area contributed by atoms with Crippen LogP contribution in [0.5, 0.6) is 0 Å². The molecule has 0 bridgehead atoms. The molecule has 1 atom stereocenters. The summed E-state index contributed by atoms with van der Waals surface area (Å²) in [5.74, 6) is -0.256. The molecule has 5 heteroatoms. The third-order valence-corrected chi connectivity index (χ3v) is 4.09. The Hall–Kier alpha value is -0.780. The number of hydrogen-bond acceptors (Lipinski definition) is 1. The molecule has 98 valence electrons. The first-order valence-electron chi connectivity index (χ1n) is 5.53. The number of nitrogens with one attached hydrogen (secondary N) is 1. The van der Waals surface area contributed by atoms with E-state index in [-0.39, 0.29) is 5.91 Å². The number of halogens is 3. The molecule has 2 aromatic carbocycles. The van der Waals surface area contributed by atoms with Crippen molar-refractivity contribution < 1.29 is 4.79 Å². The summed E-state index contributed by atoms with van der Waals surface area (Å²) in [5, 5.41) is 2.72. The highest BCUT2D eigenvalue weighted by Crippen LogP contribution is 2.26. The predicted octanol–water partition coefficient (Wildman–Crippen LogP) is 4.86. The van der Waals surface area contributed by atoms with E-state index in [0.29, 0.717) is 10.7 Å². The molecular weight excluding hydrogens is 396 g/mol. The summed E-state index contributed by atoms with van der Waals surface area (Å²) in [6.45, 7) is 0. The number of hydrogen-bond donors (Lipinski definition) is 1. The van der Waals surface area contributed by atoms with Crippen LogP contribution in [0.25, 0.3) is 0 Å². The van der Waals surface area contributed by atoms with Gasteiger partial charge >= 0.3 is 0 Å². The molecule has 0 saturated heterocycles. The van der Waals surface area contributed by atoms with Crippen LogP contribution in [0.1, 0.15) is 10.9 Å². The Balaban J connectivity index is 2.13. The van der Waals surface area contributed by atoms with Crippen molar-refractivity contribution in [2.24, 2.45) is 0 Å². The molecule has 0 aromatic heterocycles. The molecule has 0 radical (unpaired) electrons. The maximum atomic E-state index is 12.1. The lowest BCUT2D eigenvalue weighted by Gasteiger charge is -2.12. The van der Waals surface area contributed by atoms with E-state index in [9.17, 15) is 4.79 Å². The van der Waals surface area contributed by atoms with E-state index in [1.807, 2.05) is 30.3 Å². The van der Waals surface area contributed by atoms with Gasteiger partial charge in [-0.25, -0.2) is 0 Å². The summed E-state index contributed by atoms with van der Waals surface area (Å²) >= 11 is 14.1. The van der Waals surface area contributed by atoms with E-state index in [2.05, 4.69) is 27.9 Å². The van der Waals surface area contributed by atoms with Gasteiger partial charge in [0.2, 0.25) is 5.91 Å². The fraction of sp³-hybridized carbons (Fsp3) is 0.0714. The standard InChI is InChI=1S/C14H10Cl2INO/c15-10-6-7-12(11(17)8-10)18-14(19)13(16)9-4-2-1-3-5-9/h1-8,13H,(H,18,19). The Labute approximate surface area is 135 Å². The van der Waals surface area contributed by atoms with Gasteiger partial charge < -0.3 is 5.32 Å². The molecule has 1 N–H and O–H groups in total. The molecule has 1 amide bonds. The van der Waals surface area contributed by atoms with E-state index in [4.69, 9.17) is 23.2 Å². The first kappa shape index (κ1) is 14.6. The zero-order valence-corrected chi connectivity index (χ0v) is 13.4. The van der Waals surface area contributed by atoms with Crippen LogP contribution in [-0.2, 0) is 4.79 Å². The molecule has 2 nitrogen and oxygen atoms in total. The van der Waals surface area contributed by atoms with E-state index >= 15 is 0 Å². The number of benzene rings is 2. The van der Waals surface area contributed by atoms with Gasteiger partial charge in [-0.05, 0) is 46.4 Å². The molecule has 0 spiro atoms. The average Bonchev–Trinajstić information content (AvgIpc) is 2.42. The summed E-state index contributed by atoms with van der Waals surface area (Å²) < 4.78 is 0.871. The van der Waals surface area contributed by atoms with Crippen molar-refractivity contribution in [1.82, 2.24) is 0 Å². The Morgan fingerprint density at radius 3 is 2.47 bits per heavy atom. The Morgan fingerprint density at radius 1 is 1.16 bits per heavy atom. The number of carbonyl (C=O) groups excluding carboxylic acids is 1. The second-order valence-corrected chi connectivity index (χ2v) is 5.92. The van der Waals surface area contributed by atoms with Gasteiger partial charge in [-0.2, -0.15) is 0 Å². The zero-order chi connectivity index (χ0) is 13.8. The van der Waals surface area contributed by atoms with Crippen molar-refractivity contribution in [2.45, 2.75) is 5.38 Å². The monoisotopic (exact) mass is 405 g/mol. The van der Waals surface area contributed by atoms with Crippen molar-refractivity contribution in [1.29, 1.82) is 0 Å². The van der Waals surface area contributed by atoms with Crippen LogP contribution in [-0.4, -0.2) is 5.91 Å². The Kier molecular flexibility index (Phi) is 5.07. The molecule has 0 fully saturated rings. The summed E-state index contributed by atoms with van der Waals surface area (Å²) in [5.41, 5.74) is 1.47. The van der Waals surface area contributed by atoms with Gasteiger partial charge in [-0.3, -0.25) is 4.79 Å². The number of rotatable bonds is 3. The summed E-state index contributed by atoms with van der Waals surface area (Å²) in [6, 6.07) is 14.5. The van der Waals surface area contributed by atoms with Crippen molar-refractivity contribution in [3.8, 4) is 0 Å². The van der Waals surface area contributed by atoms with Crippen molar-refractivity contribution in [3.05, 3.63) is 62.7 Å². The lowest BCUT2D eigenvalue weighted by atomic mass is 10.1. The lowest BCUT2D eigenvalue weighted by molar-refractivity contribution is -0.116. The van der Waals surface area contributed by atoms with Crippen LogP contribution in [0.2, 0.25) is 5.02 Å². The van der Waals surface area contributed by atoms with Gasteiger partial charge in [0.05, 0.1) is 5.69 Å². The van der Waals surface area contributed by atoms with Gasteiger partial charge in [0.1, 0.15) is 5.38 Å². The molecule has 19 heavy (non-hydrogen) atoms. The van der Waals surface area contributed by atoms with E-state index in [0.717, 1.165) is 9.13 Å². The predicted molar refractivity (Wildman–Crippen MR) is 87.8 cm³/mol. The zero-order valence-electron chi connectivity index (χ0n) is 9.74. The molecule has 0 aliphatic rings. The lowest BCUT2D eigenvalue weighted by Crippen LogP contribution is -2.17. The summed E-state index contributed by atoms with van der Waals surface area (Å²) in [6.07, 6.45) is 0. The highest BCUT2D eigenvalue weighted by atomic mass is 127. The van der Waals surface area contributed by atoms with Crippen LogP contribution < -0.4 is 5.32 Å². The molecule has 0 heterocycles. The third-order valence-electron chi connectivity index (χ3n) is 2.51. The number of carbonyl (C=O) groups is 1. The highest BCUT2D eigenvalue weighted by Gasteiger charge is 2.18. The molecule has 2 aromatic rings. The average molecular weight is 406 g/mol. The first-order valence-corrected chi connectivity index (χ1v) is 7.42. The minimum Gasteiger partial charge on any atom is -0.324 e. The fourth-order valence-corrected chi connectivity index (χ4v) is 2.77. The van der Waals surface area contributed by atoms with Crippen LogP contribution >= 0.6 is 45.8 Å². The van der Waals surface area contributed by atoms with Crippen LogP contribution in [0.15, 0.2) is 48.5 Å². The number of alkyl halides is 1. The van der Waals surface area contributed by atoms with Crippen molar-refractivity contribution in [3.63, 3.8) is 0 Å². The molecular formula is C14H10Cl2INO. The number of amides is 1. The van der Waals surface area contributed by atoms with Gasteiger partial charge in [0.25, 0.3) is 0 Å². The Morgan fingerprint density at radius 2 is 1.84 bits per heavy atom. The van der Waals surface area contributed by atoms with Gasteiger partial charge in [0, 0.05) is 8.59 Å². The quantitative estimate of drug-likeness (QED) is 0.573. The smallest absolute Gasteiger partial charge is 0.247 e. The topological polar surface area (TPSA) is 29.1 Å². The van der Waals surface area contributed by atoms with Crippen LogP contribution in [0.3, 0.4) is 0 Å². The van der Waals surface area contributed by atoms with Crippen molar-refractivity contribution in [2.75, 3.05) is 5.32 Å². The van der Waals surface area contributed by atoms with Gasteiger partial charge in [0.15, 0.2) is 0 Å². The van der Waals surface area contributed by atoms with Crippen molar-refractivity contribution >= 4 is 57.4 Å². The second-order valence-electron chi connectivity index (χ2n) is 3.89. The first-order chi connectivity index (χ1) is 9.08. The van der Waals surface area contributed by atoms with E-state index in [1.54, 1.807) is 18.2 Å². The Bertz CT molecular complexity index is 589. The molecule has 2 rings (SSSR count).